The van der Waals surface area contributed by atoms with E-state index in [1.54, 1.807) is 24.3 Å². The van der Waals surface area contributed by atoms with E-state index in [0.717, 1.165) is 0 Å². The Balaban J connectivity index is 1.97. The Morgan fingerprint density at radius 3 is 1.56 bits per heavy atom. The van der Waals surface area contributed by atoms with Gasteiger partial charge in [0.05, 0.1) is 21.2 Å². The van der Waals surface area contributed by atoms with Gasteiger partial charge in [0.2, 0.25) is 0 Å². The van der Waals surface area contributed by atoms with Crippen LogP contribution in [0.4, 0.5) is 0 Å². The number of halogens is 2. The van der Waals surface area contributed by atoms with Gasteiger partial charge in [-0.2, -0.15) is 0 Å². The van der Waals surface area contributed by atoms with Crippen LogP contribution in [0.15, 0.2) is 36.4 Å². The third-order valence-corrected chi connectivity index (χ3v) is 3.90. The largest absolute Gasteiger partial charge is 0.576 e. The fraction of sp³-hybridized carbons (Fsp3) is 0.125. The smallest absolute Gasteiger partial charge is 0.528 e. The molecule has 2 N–H and O–H groups in total. The highest BCUT2D eigenvalue weighted by atomic mass is 35.5. The summed E-state index contributed by atoms with van der Waals surface area (Å²) in [7, 11) is 2.96. The third kappa shape index (κ3) is 4.81. The third-order valence-electron chi connectivity index (χ3n) is 3.28. The van der Waals surface area contributed by atoms with Crippen LogP contribution in [-0.2, 0) is 0 Å². The van der Waals surface area contributed by atoms with Crippen molar-refractivity contribution in [3.8, 4) is 11.5 Å². The number of carbonyl (C=O) groups excluding carboxylic acids is 2. The van der Waals surface area contributed by atoms with Crippen molar-refractivity contribution in [2.75, 3.05) is 14.1 Å². The molecule has 25 heavy (non-hydrogen) atoms. The van der Waals surface area contributed by atoms with E-state index >= 15 is 0 Å². The number of carbonyl (C=O) groups is 2. The minimum absolute atomic E-state index is 0.0920. The maximum absolute atomic E-state index is 11.6. The van der Waals surface area contributed by atoms with Gasteiger partial charge in [-0.15, -0.1) is 0 Å². The van der Waals surface area contributed by atoms with Gasteiger partial charge in [0.1, 0.15) is 11.5 Å². The van der Waals surface area contributed by atoms with E-state index in [4.69, 9.17) is 32.5 Å². The first kappa shape index (κ1) is 19.0. The van der Waals surface area contributed by atoms with Gasteiger partial charge in [-0.3, -0.25) is 9.59 Å². The fourth-order valence-corrected chi connectivity index (χ4v) is 2.49. The quantitative estimate of drug-likeness (QED) is 0.754. The molecule has 0 radical (unpaired) electrons. The lowest BCUT2D eigenvalue weighted by Crippen LogP contribution is -2.18. The molecule has 0 aliphatic heterocycles. The molecule has 6 nitrogen and oxygen atoms in total. The Morgan fingerprint density at radius 2 is 1.24 bits per heavy atom. The van der Waals surface area contributed by atoms with E-state index in [-0.39, 0.29) is 29.5 Å². The van der Waals surface area contributed by atoms with Crippen LogP contribution in [0.25, 0.3) is 0 Å². The van der Waals surface area contributed by atoms with Crippen LogP contribution in [0.1, 0.15) is 20.7 Å². The van der Waals surface area contributed by atoms with Crippen molar-refractivity contribution < 1.29 is 18.9 Å². The molecular formula is C16H15BCl2N2O4. The Labute approximate surface area is 155 Å². The molecule has 0 saturated carbocycles. The molecule has 0 spiro atoms. The molecular weight excluding hydrogens is 366 g/mol. The lowest BCUT2D eigenvalue weighted by molar-refractivity contribution is 0.0955. The summed E-state index contributed by atoms with van der Waals surface area (Å²) >= 11 is 12.1. The van der Waals surface area contributed by atoms with E-state index in [2.05, 4.69) is 10.6 Å². The van der Waals surface area contributed by atoms with Crippen molar-refractivity contribution in [1.82, 2.24) is 10.6 Å². The van der Waals surface area contributed by atoms with Gasteiger partial charge in [-0.25, -0.2) is 0 Å². The molecule has 2 rings (SSSR count). The number of hydrogen-bond acceptors (Lipinski definition) is 4. The van der Waals surface area contributed by atoms with Gasteiger partial charge >= 0.3 is 7.69 Å². The van der Waals surface area contributed by atoms with Crippen LogP contribution in [0.3, 0.4) is 0 Å². The van der Waals surface area contributed by atoms with Crippen molar-refractivity contribution in [1.29, 1.82) is 0 Å². The van der Waals surface area contributed by atoms with Gasteiger partial charge in [-0.05, 0) is 36.4 Å². The monoisotopic (exact) mass is 380 g/mol. The molecule has 0 aliphatic rings. The SMILES string of the molecule is CNC(=O)c1ccc(OBOc2ccc(C(=O)NC)c(Cl)c2)cc1Cl. The predicted molar refractivity (Wildman–Crippen MR) is 98.1 cm³/mol. The van der Waals surface area contributed by atoms with Crippen LogP contribution in [0.2, 0.25) is 10.0 Å². The van der Waals surface area contributed by atoms with E-state index < -0.39 is 0 Å². The van der Waals surface area contributed by atoms with Gasteiger partial charge in [0.25, 0.3) is 11.8 Å². The topological polar surface area (TPSA) is 76.7 Å². The Kier molecular flexibility index (Phi) is 6.55. The van der Waals surface area contributed by atoms with E-state index in [1.165, 1.54) is 26.2 Å². The molecule has 130 valence electrons. The van der Waals surface area contributed by atoms with Crippen molar-refractivity contribution >= 4 is 42.7 Å². The number of amides is 2. The minimum Gasteiger partial charge on any atom is -0.528 e. The highest BCUT2D eigenvalue weighted by molar-refractivity contribution is 6.34. The standard InChI is InChI=1S/C16H15BCl2N2O4/c1-20-15(22)11-5-3-9(7-13(11)18)24-17-25-10-4-6-12(14(19)8-10)16(23)21-2/h3-8,17H,1-2H3,(H,20,22)(H,21,23). The van der Waals surface area contributed by atoms with Crippen LogP contribution in [0, 0.1) is 0 Å². The number of benzene rings is 2. The molecule has 0 aromatic heterocycles. The van der Waals surface area contributed by atoms with Crippen molar-refractivity contribution in [3.05, 3.63) is 57.6 Å². The molecule has 9 heteroatoms. The maximum atomic E-state index is 11.6. The number of rotatable bonds is 6. The van der Waals surface area contributed by atoms with Crippen LogP contribution < -0.4 is 19.9 Å². The Bertz CT molecular complexity index is 736. The first-order chi connectivity index (χ1) is 12.0. The molecule has 0 saturated heterocycles. The predicted octanol–water partition coefficient (Wildman–Crippen LogP) is 2.44. The summed E-state index contributed by atoms with van der Waals surface area (Å²) in [5.41, 5.74) is 0.711. The highest BCUT2D eigenvalue weighted by Gasteiger charge is 2.12. The molecule has 2 amide bonds. The van der Waals surface area contributed by atoms with Crippen LogP contribution in [-0.4, -0.2) is 33.6 Å². The minimum atomic E-state index is -0.279. The zero-order valence-corrected chi connectivity index (χ0v) is 15.1. The maximum Gasteiger partial charge on any atom is 0.576 e. The average Bonchev–Trinajstić information content (AvgIpc) is 2.60. The summed E-state index contributed by atoms with van der Waals surface area (Å²) in [6, 6.07) is 9.40. The Morgan fingerprint density at radius 1 is 0.840 bits per heavy atom. The van der Waals surface area contributed by atoms with Crippen LogP contribution >= 0.6 is 23.2 Å². The molecule has 0 atom stereocenters. The average molecular weight is 381 g/mol. The zero-order chi connectivity index (χ0) is 18.4. The number of nitrogens with one attached hydrogen (secondary N) is 2. The van der Waals surface area contributed by atoms with Gasteiger partial charge in [0, 0.05) is 14.1 Å². The molecule has 0 bridgehead atoms. The summed E-state index contributed by atoms with van der Waals surface area (Å²) in [5, 5.41) is 5.54. The van der Waals surface area contributed by atoms with Crippen molar-refractivity contribution in [2.24, 2.45) is 0 Å². The fourth-order valence-electron chi connectivity index (χ4n) is 1.97. The lowest BCUT2D eigenvalue weighted by Gasteiger charge is -2.10. The van der Waals surface area contributed by atoms with Crippen molar-refractivity contribution in [3.63, 3.8) is 0 Å². The first-order valence-corrected chi connectivity index (χ1v) is 8.00. The normalized spacial score (nSPS) is 9.92. The molecule has 0 fully saturated rings. The molecule has 0 aliphatic carbocycles. The van der Waals surface area contributed by atoms with Gasteiger partial charge in [0.15, 0.2) is 0 Å². The molecule has 0 heterocycles. The summed E-state index contributed by atoms with van der Waals surface area (Å²) in [5.74, 6) is 0.341. The van der Waals surface area contributed by atoms with Gasteiger partial charge in [-0.1, -0.05) is 23.2 Å². The summed E-state index contributed by atoms with van der Waals surface area (Å²) < 4.78 is 10.9. The van der Waals surface area contributed by atoms with Crippen molar-refractivity contribution in [2.45, 2.75) is 0 Å². The van der Waals surface area contributed by atoms with Gasteiger partial charge < -0.3 is 19.9 Å². The molecule has 2 aromatic rings. The second-order valence-electron chi connectivity index (χ2n) is 4.85. The molecule has 2 aromatic carbocycles. The van der Waals surface area contributed by atoms with E-state index in [1.807, 2.05) is 0 Å². The molecule has 0 unspecified atom stereocenters. The summed E-state index contributed by atoms with van der Waals surface area (Å²) in [6.07, 6.45) is 0. The summed E-state index contributed by atoms with van der Waals surface area (Å²) in [4.78, 5) is 23.1. The highest BCUT2D eigenvalue weighted by Crippen LogP contribution is 2.24. The van der Waals surface area contributed by atoms with Crippen LogP contribution in [0.5, 0.6) is 11.5 Å². The van der Waals surface area contributed by atoms with E-state index in [9.17, 15) is 9.59 Å². The Hall–Kier alpha value is -2.38. The number of hydrogen-bond donors (Lipinski definition) is 2. The lowest BCUT2D eigenvalue weighted by atomic mass is 10.2. The summed E-state index contributed by atoms with van der Waals surface area (Å²) in [6.45, 7) is 0. The second-order valence-corrected chi connectivity index (χ2v) is 5.66. The zero-order valence-electron chi connectivity index (χ0n) is 13.6. The second kappa shape index (κ2) is 8.64. The van der Waals surface area contributed by atoms with E-state index in [0.29, 0.717) is 22.6 Å². The first-order valence-electron chi connectivity index (χ1n) is 7.25.